The van der Waals surface area contributed by atoms with Crippen molar-refractivity contribution >= 4 is 22.1 Å². The Hall–Kier alpha value is -1.81. The van der Waals surface area contributed by atoms with E-state index in [2.05, 4.69) is 34.3 Å². The van der Waals surface area contributed by atoms with Crippen LogP contribution in [-0.4, -0.2) is 35.6 Å². The Morgan fingerprint density at radius 3 is 3.05 bits per heavy atom. The molecule has 4 nitrogen and oxygen atoms in total. The molecule has 1 atom stereocenters. The first-order valence-corrected chi connectivity index (χ1v) is 7.81. The van der Waals surface area contributed by atoms with E-state index in [1.165, 1.54) is 30.5 Å². The van der Waals surface area contributed by atoms with Crippen LogP contribution in [0.2, 0.25) is 0 Å². The number of nitrogens with two attached hydrogens (primary N) is 1. The highest BCUT2D eigenvalue weighted by Gasteiger charge is 2.19. The van der Waals surface area contributed by atoms with Gasteiger partial charge in [-0.2, -0.15) is 0 Å². The SMILES string of the molecule is CCN1CCCC(Nc2ccc(N)c3cnc(C)cc23)C1. The van der Waals surface area contributed by atoms with Crippen molar-refractivity contribution in [2.24, 2.45) is 0 Å². The third-order valence-electron chi connectivity index (χ3n) is 4.38. The summed E-state index contributed by atoms with van der Waals surface area (Å²) in [6, 6.07) is 6.71. The third kappa shape index (κ3) is 2.95. The van der Waals surface area contributed by atoms with E-state index in [1.807, 2.05) is 19.2 Å². The number of anilines is 2. The number of hydrogen-bond acceptors (Lipinski definition) is 4. The molecular weight excluding hydrogens is 260 g/mol. The highest BCUT2D eigenvalue weighted by atomic mass is 15.2. The van der Waals surface area contributed by atoms with Crippen molar-refractivity contribution in [2.45, 2.75) is 32.7 Å². The number of likely N-dealkylation sites (tertiary alicyclic amines) is 1. The maximum absolute atomic E-state index is 6.08. The van der Waals surface area contributed by atoms with Crippen LogP contribution in [0.4, 0.5) is 11.4 Å². The van der Waals surface area contributed by atoms with Crippen molar-refractivity contribution in [3.05, 3.63) is 30.1 Å². The number of nitrogen functional groups attached to an aromatic ring is 1. The van der Waals surface area contributed by atoms with Gasteiger partial charge in [-0.15, -0.1) is 0 Å². The predicted octanol–water partition coefficient (Wildman–Crippen LogP) is 3.02. The molecule has 0 radical (unpaired) electrons. The number of nitrogens with one attached hydrogen (secondary N) is 1. The van der Waals surface area contributed by atoms with Gasteiger partial charge < -0.3 is 16.0 Å². The molecule has 1 aliphatic heterocycles. The second-order valence-electron chi connectivity index (χ2n) is 5.95. The van der Waals surface area contributed by atoms with Gasteiger partial charge in [0.25, 0.3) is 0 Å². The van der Waals surface area contributed by atoms with Crippen LogP contribution < -0.4 is 11.1 Å². The van der Waals surface area contributed by atoms with Crippen molar-refractivity contribution in [2.75, 3.05) is 30.7 Å². The Labute approximate surface area is 126 Å². The van der Waals surface area contributed by atoms with Crippen LogP contribution in [0.3, 0.4) is 0 Å². The molecule has 1 fully saturated rings. The molecule has 3 rings (SSSR count). The summed E-state index contributed by atoms with van der Waals surface area (Å²) in [7, 11) is 0. The Balaban J connectivity index is 1.90. The van der Waals surface area contributed by atoms with Gasteiger partial charge in [0.1, 0.15) is 0 Å². The van der Waals surface area contributed by atoms with Gasteiger partial charge in [-0.1, -0.05) is 6.92 Å². The Kier molecular flexibility index (Phi) is 3.97. The minimum atomic E-state index is 0.513. The first-order chi connectivity index (χ1) is 10.2. The smallest absolute Gasteiger partial charge is 0.0425 e. The number of nitrogens with zero attached hydrogens (tertiary/aromatic N) is 2. The van der Waals surface area contributed by atoms with Crippen LogP contribution in [0.15, 0.2) is 24.4 Å². The molecular formula is C17H24N4. The van der Waals surface area contributed by atoms with Crippen LogP contribution in [0.1, 0.15) is 25.5 Å². The van der Waals surface area contributed by atoms with E-state index in [4.69, 9.17) is 5.73 Å². The lowest BCUT2D eigenvalue weighted by Gasteiger charge is -2.33. The zero-order valence-electron chi connectivity index (χ0n) is 12.9. The molecule has 0 spiro atoms. The van der Waals surface area contributed by atoms with Gasteiger partial charge in [0.2, 0.25) is 0 Å². The fourth-order valence-corrected chi connectivity index (χ4v) is 3.17. The predicted molar refractivity (Wildman–Crippen MR) is 89.7 cm³/mol. The first kappa shape index (κ1) is 14.1. The standard InChI is InChI=1S/C17H24N4/c1-3-21-8-4-5-13(11-21)20-17-7-6-16(18)15-10-19-12(2)9-14(15)17/h6-7,9-10,13,20H,3-5,8,11,18H2,1-2H3. The van der Waals surface area contributed by atoms with Gasteiger partial charge in [0, 0.05) is 46.6 Å². The lowest BCUT2D eigenvalue weighted by Crippen LogP contribution is -2.41. The number of piperidine rings is 1. The maximum atomic E-state index is 6.08. The zero-order chi connectivity index (χ0) is 14.8. The summed E-state index contributed by atoms with van der Waals surface area (Å²) in [6.07, 6.45) is 4.37. The molecule has 1 aromatic carbocycles. The van der Waals surface area contributed by atoms with Crippen LogP contribution in [0.5, 0.6) is 0 Å². The largest absolute Gasteiger partial charge is 0.398 e. The van der Waals surface area contributed by atoms with E-state index in [-0.39, 0.29) is 0 Å². The quantitative estimate of drug-likeness (QED) is 0.851. The van der Waals surface area contributed by atoms with Crippen molar-refractivity contribution in [3.63, 3.8) is 0 Å². The molecule has 1 unspecified atom stereocenters. The molecule has 0 amide bonds. The van der Waals surface area contributed by atoms with Gasteiger partial charge in [-0.3, -0.25) is 4.98 Å². The van der Waals surface area contributed by atoms with Gasteiger partial charge in [0.05, 0.1) is 0 Å². The average Bonchev–Trinajstić information content (AvgIpc) is 2.50. The summed E-state index contributed by atoms with van der Waals surface area (Å²) in [4.78, 5) is 6.87. The summed E-state index contributed by atoms with van der Waals surface area (Å²) in [6.45, 7) is 7.72. The second kappa shape index (κ2) is 5.90. The maximum Gasteiger partial charge on any atom is 0.0425 e. The number of aryl methyl sites for hydroxylation is 1. The highest BCUT2D eigenvalue weighted by Crippen LogP contribution is 2.29. The summed E-state index contributed by atoms with van der Waals surface area (Å²) in [5.41, 5.74) is 9.07. The van der Waals surface area contributed by atoms with Crippen molar-refractivity contribution in [3.8, 4) is 0 Å². The first-order valence-electron chi connectivity index (χ1n) is 7.81. The minimum Gasteiger partial charge on any atom is -0.398 e. The molecule has 1 aliphatic rings. The monoisotopic (exact) mass is 284 g/mol. The van der Waals surface area contributed by atoms with Crippen molar-refractivity contribution < 1.29 is 0 Å². The molecule has 112 valence electrons. The molecule has 1 saturated heterocycles. The number of likely N-dealkylation sites (N-methyl/N-ethyl adjacent to an activating group) is 1. The number of benzene rings is 1. The normalized spacial score (nSPS) is 19.8. The number of aromatic nitrogens is 1. The average molecular weight is 284 g/mol. The van der Waals surface area contributed by atoms with E-state index < -0.39 is 0 Å². The fourth-order valence-electron chi connectivity index (χ4n) is 3.17. The van der Waals surface area contributed by atoms with Crippen LogP contribution in [-0.2, 0) is 0 Å². The Bertz CT molecular complexity index is 638. The van der Waals surface area contributed by atoms with Gasteiger partial charge in [0.15, 0.2) is 0 Å². The molecule has 0 bridgehead atoms. The Morgan fingerprint density at radius 2 is 2.24 bits per heavy atom. The lowest BCUT2D eigenvalue weighted by atomic mass is 10.0. The van der Waals surface area contributed by atoms with E-state index in [0.717, 1.165) is 29.9 Å². The van der Waals surface area contributed by atoms with E-state index >= 15 is 0 Å². The molecule has 0 aliphatic carbocycles. The fraction of sp³-hybridized carbons (Fsp3) is 0.471. The third-order valence-corrected chi connectivity index (χ3v) is 4.38. The van der Waals surface area contributed by atoms with E-state index in [0.29, 0.717) is 6.04 Å². The number of rotatable bonds is 3. The molecule has 0 saturated carbocycles. The Morgan fingerprint density at radius 1 is 1.38 bits per heavy atom. The van der Waals surface area contributed by atoms with Crippen molar-refractivity contribution in [1.29, 1.82) is 0 Å². The zero-order valence-corrected chi connectivity index (χ0v) is 12.9. The molecule has 1 aromatic heterocycles. The molecule has 2 heterocycles. The van der Waals surface area contributed by atoms with Crippen LogP contribution in [0, 0.1) is 6.92 Å². The number of fused-ring (bicyclic) bond motifs is 1. The van der Waals surface area contributed by atoms with Crippen LogP contribution >= 0.6 is 0 Å². The van der Waals surface area contributed by atoms with Gasteiger partial charge >= 0.3 is 0 Å². The van der Waals surface area contributed by atoms with Gasteiger partial charge in [-0.05, 0) is 51.1 Å². The summed E-state index contributed by atoms with van der Waals surface area (Å²) < 4.78 is 0. The summed E-state index contributed by atoms with van der Waals surface area (Å²) in [5, 5.41) is 5.93. The number of pyridine rings is 1. The summed E-state index contributed by atoms with van der Waals surface area (Å²) in [5.74, 6) is 0. The lowest BCUT2D eigenvalue weighted by molar-refractivity contribution is 0.227. The second-order valence-corrected chi connectivity index (χ2v) is 5.95. The molecule has 4 heteroatoms. The van der Waals surface area contributed by atoms with Crippen LogP contribution in [0.25, 0.3) is 10.8 Å². The topological polar surface area (TPSA) is 54.2 Å². The summed E-state index contributed by atoms with van der Waals surface area (Å²) >= 11 is 0. The molecule has 2 aromatic rings. The highest BCUT2D eigenvalue weighted by molar-refractivity contribution is 6.00. The van der Waals surface area contributed by atoms with E-state index in [9.17, 15) is 0 Å². The molecule has 3 N–H and O–H groups in total. The van der Waals surface area contributed by atoms with Crippen molar-refractivity contribution in [1.82, 2.24) is 9.88 Å². The number of hydrogen-bond donors (Lipinski definition) is 2. The minimum absolute atomic E-state index is 0.513. The molecule has 21 heavy (non-hydrogen) atoms. The van der Waals surface area contributed by atoms with E-state index in [1.54, 1.807) is 0 Å². The van der Waals surface area contributed by atoms with Gasteiger partial charge in [-0.25, -0.2) is 0 Å².